The first-order valence-electron chi connectivity index (χ1n) is 7.33. The van der Waals surface area contributed by atoms with E-state index in [9.17, 15) is 9.18 Å². The number of hydrogen-bond donors (Lipinski definition) is 0. The molecule has 2 aromatic rings. The molecule has 0 spiro atoms. The number of furan rings is 1. The van der Waals surface area contributed by atoms with Gasteiger partial charge in [0.2, 0.25) is 5.76 Å². The number of benzene rings is 1. The van der Waals surface area contributed by atoms with Crippen LogP contribution in [0.1, 0.15) is 40.6 Å². The second-order valence-electron chi connectivity index (χ2n) is 5.45. The van der Waals surface area contributed by atoms with Crippen molar-refractivity contribution in [2.45, 2.75) is 25.4 Å². The summed E-state index contributed by atoms with van der Waals surface area (Å²) in [5.74, 6) is -0.430. The van der Waals surface area contributed by atoms with Gasteiger partial charge in [0.1, 0.15) is 5.82 Å². The maximum Gasteiger partial charge on any atom is 0.374 e. The van der Waals surface area contributed by atoms with Crippen LogP contribution in [-0.2, 0) is 11.3 Å². The van der Waals surface area contributed by atoms with Crippen LogP contribution in [0.3, 0.4) is 0 Å². The molecule has 0 bridgehead atoms. The molecule has 22 heavy (non-hydrogen) atoms. The lowest BCUT2D eigenvalue weighted by Crippen LogP contribution is -2.23. The van der Waals surface area contributed by atoms with E-state index in [2.05, 4.69) is 4.90 Å². The molecule has 1 saturated heterocycles. The van der Waals surface area contributed by atoms with Crippen molar-refractivity contribution in [3.63, 3.8) is 0 Å². The zero-order valence-corrected chi connectivity index (χ0v) is 12.4. The van der Waals surface area contributed by atoms with E-state index in [4.69, 9.17) is 9.15 Å². The Morgan fingerprint density at radius 3 is 2.86 bits per heavy atom. The topological polar surface area (TPSA) is 42.7 Å². The van der Waals surface area contributed by atoms with E-state index in [1.54, 1.807) is 6.07 Å². The van der Waals surface area contributed by atoms with Crippen molar-refractivity contribution in [3.8, 4) is 0 Å². The van der Waals surface area contributed by atoms with Crippen LogP contribution in [0.2, 0.25) is 0 Å². The van der Waals surface area contributed by atoms with E-state index in [1.807, 2.05) is 12.1 Å². The maximum atomic E-state index is 13.1. The molecule has 5 heteroatoms. The molecule has 1 atom stereocenters. The lowest BCUT2D eigenvalue weighted by atomic mass is 10.0. The predicted molar refractivity (Wildman–Crippen MR) is 78.8 cm³/mol. The highest BCUT2D eigenvalue weighted by atomic mass is 19.1. The number of methoxy groups -OCH3 is 1. The Morgan fingerprint density at radius 2 is 2.14 bits per heavy atom. The van der Waals surface area contributed by atoms with Crippen LogP contribution >= 0.6 is 0 Å². The van der Waals surface area contributed by atoms with Crippen molar-refractivity contribution in [1.29, 1.82) is 0 Å². The number of carbonyl (C=O) groups excluding carboxylic acids is 1. The van der Waals surface area contributed by atoms with Crippen LogP contribution in [0.25, 0.3) is 0 Å². The van der Waals surface area contributed by atoms with Crippen LogP contribution in [-0.4, -0.2) is 24.5 Å². The fourth-order valence-corrected chi connectivity index (χ4v) is 3.03. The largest absolute Gasteiger partial charge is 0.463 e. The molecule has 4 nitrogen and oxygen atoms in total. The number of carbonyl (C=O) groups is 1. The van der Waals surface area contributed by atoms with Gasteiger partial charge < -0.3 is 9.15 Å². The third-order valence-corrected chi connectivity index (χ3v) is 4.11. The van der Waals surface area contributed by atoms with Crippen LogP contribution in [0.15, 0.2) is 41.0 Å². The SMILES string of the molecule is COC(=O)c1occc1CN1CCCC1c1ccc(F)cc1. The van der Waals surface area contributed by atoms with Gasteiger partial charge in [-0.05, 0) is 43.1 Å². The summed E-state index contributed by atoms with van der Waals surface area (Å²) in [6.45, 7) is 1.55. The minimum atomic E-state index is -0.461. The first-order chi connectivity index (χ1) is 10.7. The van der Waals surface area contributed by atoms with Crippen molar-refractivity contribution >= 4 is 5.97 Å². The summed E-state index contributed by atoms with van der Waals surface area (Å²) in [6, 6.07) is 8.67. The first-order valence-corrected chi connectivity index (χ1v) is 7.33. The van der Waals surface area contributed by atoms with Gasteiger partial charge in [-0.15, -0.1) is 0 Å². The van der Waals surface area contributed by atoms with Crippen LogP contribution in [0.4, 0.5) is 4.39 Å². The highest BCUT2D eigenvalue weighted by molar-refractivity contribution is 5.87. The van der Waals surface area contributed by atoms with E-state index in [0.717, 1.165) is 30.5 Å². The van der Waals surface area contributed by atoms with Gasteiger partial charge in [0.25, 0.3) is 0 Å². The van der Waals surface area contributed by atoms with Gasteiger partial charge >= 0.3 is 5.97 Å². The van der Waals surface area contributed by atoms with Crippen LogP contribution < -0.4 is 0 Å². The lowest BCUT2D eigenvalue weighted by Gasteiger charge is -2.24. The molecule has 0 N–H and O–H groups in total. The van der Waals surface area contributed by atoms with Gasteiger partial charge in [0.05, 0.1) is 13.4 Å². The van der Waals surface area contributed by atoms with Crippen molar-refractivity contribution in [2.24, 2.45) is 0 Å². The third kappa shape index (κ3) is 2.90. The smallest absolute Gasteiger partial charge is 0.374 e. The molecular weight excluding hydrogens is 285 g/mol. The Hall–Kier alpha value is -2.14. The Balaban J connectivity index is 1.78. The van der Waals surface area contributed by atoms with Gasteiger partial charge in [0.15, 0.2) is 0 Å². The minimum Gasteiger partial charge on any atom is -0.463 e. The zero-order valence-electron chi connectivity index (χ0n) is 12.4. The standard InChI is InChI=1S/C17H18FNO3/c1-21-17(20)16-13(8-10-22-16)11-19-9-2-3-15(19)12-4-6-14(18)7-5-12/h4-8,10,15H,2-3,9,11H2,1H3. The van der Waals surface area contributed by atoms with E-state index >= 15 is 0 Å². The van der Waals surface area contributed by atoms with Gasteiger partial charge in [-0.1, -0.05) is 12.1 Å². The molecule has 0 amide bonds. The number of nitrogens with zero attached hydrogens (tertiary/aromatic N) is 1. The number of ether oxygens (including phenoxy) is 1. The fraction of sp³-hybridized carbons (Fsp3) is 0.353. The summed E-state index contributed by atoms with van der Waals surface area (Å²) < 4.78 is 23.0. The molecule has 1 aromatic carbocycles. The second-order valence-corrected chi connectivity index (χ2v) is 5.45. The number of likely N-dealkylation sites (tertiary alicyclic amines) is 1. The summed E-state index contributed by atoms with van der Waals surface area (Å²) in [6.07, 6.45) is 3.61. The zero-order chi connectivity index (χ0) is 15.5. The summed E-state index contributed by atoms with van der Waals surface area (Å²) in [7, 11) is 1.34. The normalized spacial score (nSPS) is 18.5. The molecule has 1 aliphatic heterocycles. The van der Waals surface area contributed by atoms with Crippen LogP contribution in [0, 0.1) is 5.82 Å². The fourth-order valence-electron chi connectivity index (χ4n) is 3.03. The summed E-state index contributed by atoms with van der Waals surface area (Å²) in [5, 5.41) is 0. The van der Waals surface area contributed by atoms with Crippen molar-refractivity contribution in [2.75, 3.05) is 13.7 Å². The molecule has 2 heterocycles. The predicted octanol–water partition coefficient (Wildman–Crippen LogP) is 3.54. The number of rotatable bonds is 4. The average Bonchev–Trinajstić information content (AvgIpc) is 3.17. The van der Waals surface area contributed by atoms with Crippen molar-refractivity contribution in [3.05, 3.63) is 59.3 Å². The summed E-state index contributed by atoms with van der Waals surface area (Å²) >= 11 is 0. The summed E-state index contributed by atoms with van der Waals surface area (Å²) in [4.78, 5) is 14.0. The molecule has 1 aromatic heterocycles. The molecular formula is C17H18FNO3. The third-order valence-electron chi connectivity index (χ3n) is 4.11. The molecule has 1 unspecified atom stereocenters. The maximum absolute atomic E-state index is 13.1. The van der Waals surface area contributed by atoms with E-state index in [-0.39, 0.29) is 17.6 Å². The molecule has 0 radical (unpaired) electrons. The monoisotopic (exact) mass is 303 g/mol. The lowest BCUT2D eigenvalue weighted by molar-refractivity contribution is 0.0561. The summed E-state index contributed by atoms with van der Waals surface area (Å²) in [5.41, 5.74) is 1.92. The Bertz CT molecular complexity index is 650. The Morgan fingerprint density at radius 1 is 1.36 bits per heavy atom. The van der Waals surface area contributed by atoms with Crippen LogP contribution in [0.5, 0.6) is 0 Å². The average molecular weight is 303 g/mol. The Labute approximate surface area is 128 Å². The first kappa shape index (κ1) is 14.8. The van der Waals surface area contributed by atoms with Gasteiger partial charge in [-0.3, -0.25) is 4.90 Å². The van der Waals surface area contributed by atoms with E-state index in [0.29, 0.717) is 6.54 Å². The molecule has 116 valence electrons. The second kappa shape index (κ2) is 6.32. The molecule has 0 saturated carbocycles. The van der Waals surface area contributed by atoms with E-state index < -0.39 is 5.97 Å². The van der Waals surface area contributed by atoms with E-state index in [1.165, 1.54) is 25.5 Å². The minimum absolute atomic E-state index is 0.226. The number of esters is 1. The van der Waals surface area contributed by atoms with Gasteiger partial charge in [-0.25, -0.2) is 9.18 Å². The highest BCUT2D eigenvalue weighted by Crippen LogP contribution is 2.33. The van der Waals surface area contributed by atoms with Gasteiger partial charge in [-0.2, -0.15) is 0 Å². The molecule has 0 aliphatic carbocycles. The van der Waals surface area contributed by atoms with Crippen molar-refractivity contribution < 1.29 is 18.3 Å². The number of halogens is 1. The Kier molecular flexibility index (Phi) is 4.24. The molecule has 1 aliphatic rings. The van der Waals surface area contributed by atoms with Gasteiger partial charge in [0, 0.05) is 18.2 Å². The quantitative estimate of drug-likeness (QED) is 0.810. The number of hydrogen-bond acceptors (Lipinski definition) is 4. The molecule has 3 rings (SSSR count). The van der Waals surface area contributed by atoms with Crippen molar-refractivity contribution in [1.82, 2.24) is 4.90 Å². The molecule has 1 fully saturated rings. The highest BCUT2D eigenvalue weighted by Gasteiger charge is 2.28.